The third kappa shape index (κ3) is 18.6. The fourth-order valence-electron chi connectivity index (χ4n) is 13.0. The number of esters is 2. The number of unbranched alkanes of at least 4 members (excludes halogenated alkanes) is 12. The van der Waals surface area contributed by atoms with Crippen molar-refractivity contribution in [3.05, 3.63) is 23.8 Å². The van der Waals surface area contributed by atoms with E-state index in [2.05, 4.69) is 63.5 Å². The highest BCUT2D eigenvalue weighted by Crippen LogP contribution is 2.67. The van der Waals surface area contributed by atoms with Crippen LogP contribution in [0.5, 0.6) is 0 Å². The molecule has 0 radical (unpaired) electrons. The molecule has 1 amide bonds. The Labute approximate surface area is 404 Å². The minimum atomic E-state index is -0.102. The number of fused-ring (bicyclic) bond motifs is 5. The van der Waals surface area contributed by atoms with Gasteiger partial charge in [0.25, 0.3) is 5.24 Å². The number of ether oxygens (including phenoxy) is 2. The minimum Gasteiger partial charge on any atom is -0.462 e. The molecule has 0 heterocycles. The number of amides is 1. The first-order chi connectivity index (χ1) is 31.3. The van der Waals surface area contributed by atoms with Crippen molar-refractivity contribution < 1.29 is 23.9 Å². The SMILES string of the molecule is CCCCCC/C=C\COC(=O)CCCCCCCN(CCCCCCCC(=O)O[C@H]1CC[C@@]2(C)C(=CCC3C4CCC([C@H](C)CCCC(C)C)[C@@]4(C)CCC32)C1)C(=O)SCCN(C)C. The van der Waals surface area contributed by atoms with Crippen molar-refractivity contribution in [2.75, 3.05) is 46.1 Å². The Hall–Kier alpha value is -1.80. The second-order valence-electron chi connectivity index (χ2n) is 22.6. The Kier molecular flexibility index (Phi) is 25.7. The van der Waals surface area contributed by atoms with E-state index in [1.54, 1.807) is 5.57 Å². The first kappa shape index (κ1) is 55.8. The van der Waals surface area contributed by atoms with E-state index in [9.17, 15) is 14.4 Å². The average Bonchev–Trinajstić information content (AvgIpc) is 3.63. The van der Waals surface area contributed by atoms with E-state index in [1.807, 2.05) is 20.2 Å². The van der Waals surface area contributed by atoms with Gasteiger partial charge in [-0.15, -0.1) is 0 Å². The molecule has 0 aromatic carbocycles. The lowest BCUT2D eigenvalue weighted by Crippen LogP contribution is -2.51. The van der Waals surface area contributed by atoms with Crippen LogP contribution in [-0.4, -0.2) is 79.2 Å². The first-order valence-electron chi connectivity index (χ1n) is 27.5. The van der Waals surface area contributed by atoms with Crippen LogP contribution in [0.3, 0.4) is 0 Å². The van der Waals surface area contributed by atoms with Gasteiger partial charge in [-0.2, -0.15) is 0 Å². The van der Waals surface area contributed by atoms with Gasteiger partial charge in [-0.05, 0) is 144 Å². The molecule has 8 heteroatoms. The Bertz CT molecular complexity index is 1450. The highest BCUT2D eigenvalue weighted by Gasteiger charge is 2.59. The highest BCUT2D eigenvalue weighted by atomic mass is 32.2. The molecule has 0 aromatic rings. The summed E-state index contributed by atoms with van der Waals surface area (Å²) in [7, 11) is 4.10. The van der Waals surface area contributed by atoms with Gasteiger partial charge in [-0.3, -0.25) is 14.4 Å². The van der Waals surface area contributed by atoms with Crippen LogP contribution in [0, 0.1) is 46.3 Å². The molecule has 65 heavy (non-hydrogen) atoms. The minimum absolute atomic E-state index is 0.0106. The molecule has 374 valence electrons. The Morgan fingerprint density at radius 2 is 1.43 bits per heavy atom. The molecule has 0 N–H and O–H groups in total. The van der Waals surface area contributed by atoms with Gasteiger partial charge in [-0.25, -0.2) is 0 Å². The molecule has 4 aliphatic carbocycles. The molecule has 0 saturated heterocycles. The molecule has 7 nitrogen and oxygen atoms in total. The molecular formula is C57H100N2O5S. The molecule has 8 atom stereocenters. The predicted octanol–water partition coefficient (Wildman–Crippen LogP) is 15.4. The number of carbonyl (C=O) groups is 3. The Morgan fingerprint density at radius 1 is 0.754 bits per heavy atom. The summed E-state index contributed by atoms with van der Waals surface area (Å²) < 4.78 is 11.6. The molecule has 3 fully saturated rings. The molecule has 3 saturated carbocycles. The molecule has 0 spiro atoms. The van der Waals surface area contributed by atoms with Gasteiger partial charge >= 0.3 is 11.9 Å². The number of rotatable bonds is 32. The van der Waals surface area contributed by atoms with Gasteiger partial charge in [-0.1, -0.05) is 154 Å². The number of nitrogens with zero attached hydrogens (tertiary/aromatic N) is 2. The molecule has 4 aliphatic rings. The molecule has 4 unspecified atom stereocenters. The van der Waals surface area contributed by atoms with Crippen molar-refractivity contribution in [1.29, 1.82) is 0 Å². The van der Waals surface area contributed by atoms with E-state index in [0.29, 0.717) is 24.9 Å². The summed E-state index contributed by atoms with van der Waals surface area (Å²) in [5, 5.41) is 0.195. The maximum Gasteiger partial charge on any atom is 0.306 e. The van der Waals surface area contributed by atoms with Crippen LogP contribution in [0.25, 0.3) is 0 Å². The zero-order valence-electron chi connectivity index (χ0n) is 43.5. The maximum absolute atomic E-state index is 13.2. The van der Waals surface area contributed by atoms with Crippen LogP contribution in [0.2, 0.25) is 0 Å². The van der Waals surface area contributed by atoms with Crippen LogP contribution in [0.1, 0.15) is 221 Å². The summed E-state index contributed by atoms with van der Waals surface area (Å²) in [6, 6.07) is 0. The Balaban J connectivity index is 1.08. The van der Waals surface area contributed by atoms with E-state index in [4.69, 9.17) is 9.47 Å². The zero-order chi connectivity index (χ0) is 47.1. The van der Waals surface area contributed by atoms with Crippen molar-refractivity contribution in [2.24, 2.45) is 46.3 Å². The molecule has 0 aromatic heterocycles. The van der Waals surface area contributed by atoms with Crippen LogP contribution in [0.4, 0.5) is 4.79 Å². The van der Waals surface area contributed by atoms with Gasteiger partial charge in [0, 0.05) is 44.6 Å². The van der Waals surface area contributed by atoms with Gasteiger partial charge < -0.3 is 19.3 Å². The molecule has 0 bridgehead atoms. The average molecular weight is 926 g/mol. The highest BCUT2D eigenvalue weighted by molar-refractivity contribution is 8.13. The lowest BCUT2D eigenvalue weighted by molar-refractivity contribution is -0.151. The number of carbonyl (C=O) groups excluding carboxylic acids is 3. The number of hydrogen-bond acceptors (Lipinski definition) is 7. The van der Waals surface area contributed by atoms with Gasteiger partial charge in [0.05, 0.1) is 0 Å². The van der Waals surface area contributed by atoms with Crippen molar-refractivity contribution in [2.45, 2.75) is 227 Å². The standard InChI is InChI=1S/C57H100N2O5S/c1-9-10-11-12-13-20-25-42-63-53(60)29-21-16-14-18-23-39-59(55(62)65-43-41-58(7)8)40-24-19-15-17-22-30-54(61)64-48-35-37-56(5)47(44-48)31-32-49-51-34-33-50(46(4)28-26-27-45(2)3)57(51,6)38-36-52(49)56/h20,25,31,45-46,48-52H,9-19,21-24,26-30,32-44H2,1-8H3/b25-20-/t46-,48+,49?,50?,51?,52?,56+,57-/m1/s1. The van der Waals surface area contributed by atoms with Crippen LogP contribution < -0.4 is 0 Å². The topological polar surface area (TPSA) is 76.1 Å². The van der Waals surface area contributed by atoms with E-state index in [0.717, 1.165) is 144 Å². The smallest absolute Gasteiger partial charge is 0.306 e. The summed E-state index contributed by atoms with van der Waals surface area (Å²) in [6.45, 7) is 17.7. The van der Waals surface area contributed by atoms with E-state index in [-0.39, 0.29) is 28.7 Å². The van der Waals surface area contributed by atoms with Crippen molar-refractivity contribution in [3.8, 4) is 0 Å². The van der Waals surface area contributed by atoms with E-state index in [1.165, 1.54) is 95.2 Å². The third-order valence-electron chi connectivity index (χ3n) is 16.9. The fourth-order valence-corrected chi connectivity index (χ4v) is 14.0. The zero-order valence-corrected chi connectivity index (χ0v) is 44.3. The van der Waals surface area contributed by atoms with Crippen LogP contribution in [-0.2, 0) is 19.1 Å². The number of allylic oxidation sites excluding steroid dienone is 2. The summed E-state index contributed by atoms with van der Waals surface area (Å²) in [5.74, 6) is 5.76. The van der Waals surface area contributed by atoms with E-state index >= 15 is 0 Å². The summed E-state index contributed by atoms with van der Waals surface area (Å²) in [5.41, 5.74) is 2.40. The second-order valence-corrected chi connectivity index (χ2v) is 23.6. The third-order valence-corrected chi connectivity index (χ3v) is 17.8. The summed E-state index contributed by atoms with van der Waals surface area (Å²) in [4.78, 5) is 42.6. The van der Waals surface area contributed by atoms with Gasteiger partial charge in [0.15, 0.2) is 0 Å². The maximum atomic E-state index is 13.2. The fraction of sp³-hybridized carbons (Fsp3) is 0.877. The van der Waals surface area contributed by atoms with Crippen molar-refractivity contribution in [3.63, 3.8) is 0 Å². The Morgan fingerprint density at radius 3 is 2.12 bits per heavy atom. The lowest BCUT2D eigenvalue weighted by atomic mass is 9.47. The van der Waals surface area contributed by atoms with Crippen molar-refractivity contribution in [1.82, 2.24) is 9.80 Å². The number of hydrogen-bond donors (Lipinski definition) is 0. The largest absolute Gasteiger partial charge is 0.462 e. The van der Waals surface area contributed by atoms with Crippen molar-refractivity contribution >= 4 is 28.9 Å². The van der Waals surface area contributed by atoms with Gasteiger partial charge in [0.1, 0.15) is 12.7 Å². The number of thioether (sulfide) groups is 1. The first-order valence-corrected chi connectivity index (χ1v) is 28.5. The second kappa shape index (κ2) is 29.9. The normalized spacial score (nSPS) is 26.7. The monoisotopic (exact) mass is 925 g/mol. The van der Waals surface area contributed by atoms with E-state index < -0.39 is 0 Å². The quantitative estimate of drug-likeness (QED) is 0.0378. The summed E-state index contributed by atoms with van der Waals surface area (Å²) in [6.07, 6.45) is 38.1. The lowest BCUT2D eigenvalue weighted by Gasteiger charge is -2.58. The van der Waals surface area contributed by atoms with Gasteiger partial charge in [0.2, 0.25) is 0 Å². The van der Waals surface area contributed by atoms with Crippen LogP contribution >= 0.6 is 11.8 Å². The summed E-state index contributed by atoms with van der Waals surface area (Å²) >= 11 is 1.44. The van der Waals surface area contributed by atoms with Crippen LogP contribution in [0.15, 0.2) is 23.8 Å². The molecule has 0 aliphatic heterocycles. The molecule has 4 rings (SSSR count). The molecular weight excluding hydrogens is 825 g/mol. The predicted molar refractivity (Wildman–Crippen MR) is 275 cm³/mol.